The first-order valence-electron chi connectivity index (χ1n) is 13.9. The van der Waals surface area contributed by atoms with Crippen molar-refractivity contribution >= 4 is 29.4 Å². The molecule has 0 aromatic heterocycles. The average molecular weight is 535 g/mol. The molecule has 1 aromatic rings. The number of nitrogens with one attached hydrogen (secondary N) is 4. The number of carbonyl (C=O) groups excluding carboxylic acids is 4. The van der Waals surface area contributed by atoms with Gasteiger partial charge in [-0.3, -0.25) is 24.1 Å². The quantitative estimate of drug-likeness (QED) is 0.383. The minimum Gasteiger partial charge on any atom is -0.342 e. The van der Waals surface area contributed by atoms with Gasteiger partial charge in [0.2, 0.25) is 11.8 Å². The molecule has 1 saturated heterocycles. The van der Waals surface area contributed by atoms with Crippen LogP contribution in [0.5, 0.6) is 0 Å². The van der Waals surface area contributed by atoms with Crippen molar-refractivity contribution in [1.82, 2.24) is 20.9 Å². The Morgan fingerprint density at radius 3 is 2.49 bits per heavy atom. The maximum Gasteiger partial charge on any atom is 0.315 e. The lowest BCUT2D eigenvalue weighted by Crippen LogP contribution is -2.57. The zero-order chi connectivity index (χ0) is 27.9. The molecule has 4 atom stereocenters. The number of hydrogen-bond acceptors (Lipinski definition) is 4. The molecule has 3 fully saturated rings. The molecular weight excluding hydrogens is 496 g/mol. The molecule has 208 valence electrons. The van der Waals surface area contributed by atoms with Crippen molar-refractivity contribution in [2.75, 3.05) is 11.9 Å². The number of fused-ring (bicyclic) bond motifs is 2. The predicted octanol–water partition coefficient (Wildman–Crippen LogP) is 2.91. The van der Waals surface area contributed by atoms with Crippen LogP contribution in [0.15, 0.2) is 24.3 Å². The van der Waals surface area contributed by atoms with E-state index < -0.39 is 29.6 Å². The second-order valence-corrected chi connectivity index (χ2v) is 12.8. The van der Waals surface area contributed by atoms with Gasteiger partial charge in [-0.2, -0.15) is 0 Å². The van der Waals surface area contributed by atoms with Gasteiger partial charge in [-0.05, 0) is 48.6 Å². The highest BCUT2D eigenvalue weighted by Gasteiger charge is 2.59. The van der Waals surface area contributed by atoms with Gasteiger partial charge in [0.15, 0.2) is 0 Å². The number of carbonyl (C=O) groups is 4. The molecule has 5 amide bonds. The predicted molar refractivity (Wildman–Crippen MR) is 145 cm³/mol. The molecule has 1 spiro atoms. The molecule has 2 aliphatic carbocycles. The molecule has 5 rings (SSSR count). The molecule has 0 unspecified atom stereocenters. The molecule has 2 aliphatic heterocycles. The summed E-state index contributed by atoms with van der Waals surface area (Å²) in [6.45, 7) is 13.9. The number of likely N-dealkylation sites (tertiary alicyclic amines) is 1. The van der Waals surface area contributed by atoms with Crippen molar-refractivity contribution in [2.45, 2.75) is 95.4 Å². The number of anilines is 1. The van der Waals surface area contributed by atoms with E-state index in [2.05, 4.69) is 26.1 Å². The minimum atomic E-state index is -0.991. The molecule has 0 radical (unpaired) electrons. The standard InChI is InChI=1S/C29H38N6O4/c1-28(2,3)14-22(32-24(36)21(13-17-9-10-17)34-27(39)31-18-11-12-18)25(37)35-16-29(15-23(35)30-4)19-7-5-6-8-20(19)33-26(29)38/h5-8,17-18,21-23H,9-16H2,1-3H3,(H,32,36)(H,33,38)(H2,31,34,39)/t21-,22-,23-,29-/m0/s1. The summed E-state index contributed by atoms with van der Waals surface area (Å²) in [6.07, 6.45) is 4.17. The van der Waals surface area contributed by atoms with Gasteiger partial charge in [-0.25, -0.2) is 11.4 Å². The van der Waals surface area contributed by atoms with E-state index in [1.165, 1.54) is 4.90 Å². The molecule has 10 heteroatoms. The van der Waals surface area contributed by atoms with Crippen LogP contribution in [0.1, 0.15) is 71.3 Å². The van der Waals surface area contributed by atoms with E-state index in [4.69, 9.17) is 6.57 Å². The largest absolute Gasteiger partial charge is 0.342 e. The summed E-state index contributed by atoms with van der Waals surface area (Å²) in [7, 11) is 0. The smallest absolute Gasteiger partial charge is 0.315 e. The third-order valence-corrected chi connectivity index (χ3v) is 8.12. The van der Waals surface area contributed by atoms with Crippen LogP contribution in [-0.2, 0) is 19.8 Å². The van der Waals surface area contributed by atoms with E-state index in [1.807, 2.05) is 45.0 Å². The second-order valence-electron chi connectivity index (χ2n) is 12.8. The summed E-state index contributed by atoms with van der Waals surface area (Å²) in [5.74, 6) is -0.599. The zero-order valence-electron chi connectivity index (χ0n) is 22.9. The van der Waals surface area contributed by atoms with Crippen molar-refractivity contribution in [3.63, 3.8) is 0 Å². The fourth-order valence-corrected chi connectivity index (χ4v) is 5.77. The van der Waals surface area contributed by atoms with E-state index in [-0.39, 0.29) is 42.3 Å². The highest BCUT2D eigenvalue weighted by Crippen LogP contribution is 2.47. The number of nitrogens with zero attached hydrogens (tertiary/aromatic N) is 2. The minimum absolute atomic E-state index is 0.0752. The van der Waals surface area contributed by atoms with Gasteiger partial charge in [0, 0.05) is 18.3 Å². The molecule has 4 aliphatic rings. The first-order valence-corrected chi connectivity index (χ1v) is 13.9. The Kier molecular flexibility index (Phi) is 7.04. The first kappa shape index (κ1) is 27.0. The van der Waals surface area contributed by atoms with Crippen LogP contribution in [0.3, 0.4) is 0 Å². The normalized spacial score (nSPS) is 25.3. The van der Waals surface area contributed by atoms with Crippen molar-refractivity contribution in [3.8, 4) is 0 Å². The molecule has 39 heavy (non-hydrogen) atoms. The first-order chi connectivity index (χ1) is 18.5. The van der Waals surface area contributed by atoms with Crippen LogP contribution in [-0.4, -0.2) is 59.5 Å². The molecular formula is C29H38N6O4. The topological polar surface area (TPSA) is 124 Å². The van der Waals surface area contributed by atoms with Gasteiger partial charge in [0.1, 0.15) is 17.5 Å². The third-order valence-electron chi connectivity index (χ3n) is 8.12. The number of para-hydroxylation sites is 1. The Hall–Kier alpha value is -3.61. The van der Waals surface area contributed by atoms with Crippen molar-refractivity contribution in [1.29, 1.82) is 0 Å². The molecule has 0 bridgehead atoms. The molecule has 4 N–H and O–H groups in total. The Morgan fingerprint density at radius 1 is 1.13 bits per heavy atom. The van der Waals surface area contributed by atoms with Crippen molar-refractivity contribution in [2.24, 2.45) is 11.3 Å². The van der Waals surface area contributed by atoms with Crippen LogP contribution in [0.2, 0.25) is 0 Å². The van der Waals surface area contributed by atoms with E-state index in [0.717, 1.165) is 31.2 Å². The van der Waals surface area contributed by atoms with E-state index in [0.29, 0.717) is 24.4 Å². The monoisotopic (exact) mass is 534 g/mol. The molecule has 10 nitrogen and oxygen atoms in total. The van der Waals surface area contributed by atoms with E-state index in [9.17, 15) is 19.2 Å². The van der Waals surface area contributed by atoms with Crippen LogP contribution in [0, 0.1) is 17.9 Å². The second kappa shape index (κ2) is 10.2. The highest BCUT2D eigenvalue weighted by atomic mass is 16.2. The number of rotatable bonds is 8. The SMILES string of the molecule is [C-]#[N+][C@@H]1C[C@@]2(CN1C(=O)[C@H](CC(C)(C)C)NC(=O)[C@H](CC1CC1)NC(=O)NC1CC1)C(=O)Nc1ccccc12. The number of benzene rings is 1. The van der Waals surface area contributed by atoms with Gasteiger partial charge in [-0.15, -0.1) is 0 Å². The number of hydrogen-bond donors (Lipinski definition) is 4. The molecule has 2 saturated carbocycles. The maximum absolute atomic E-state index is 14.1. The Labute approximate surface area is 229 Å². The van der Waals surface area contributed by atoms with Crippen LogP contribution >= 0.6 is 0 Å². The average Bonchev–Trinajstić information content (AvgIpc) is 3.80. The lowest BCUT2D eigenvalue weighted by molar-refractivity contribution is -0.138. The Balaban J connectivity index is 1.36. The number of amides is 5. The van der Waals surface area contributed by atoms with Crippen molar-refractivity contribution in [3.05, 3.63) is 41.2 Å². The summed E-state index contributed by atoms with van der Waals surface area (Å²) in [5, 5.41) is 11.5. The van der Waals surface area contributed by atoms with Gasteiger partial charge in [0.05, 0.1) is 6.42 Å². The van der Waals surface area contributed by atoms with E-state index in [1.54, 1.807) is 0 Å². The summed E-state index contributed by atoms with van der Waals surface area (Å²) >= 11 is 0. The van der Waals surface area contributed by atoms with Crippen LogP contribution < -0.4 is 21.3 Å². The Morgan fingerprint density at radius 2 is 1.85 bits per heavy atom. The fourth-order valence-electron chi connectivity index (χ4n) is 5.77. The van der Waals surface area contributed by atoms with Gasteiger partial charge < -0.3 is 21.3 Å². The number of urea groups is 1. The molecule has 1 aromatic carbocycles. The summed E-state index contributed by atoms with van der Waals surface area (Å²) in [4.78, 5) is 58.4. The molecule has 2 heterocycles. The fraction of sp³-hybridized carbons (Fsp3) is 0.621. The highest BCUT2D eigenvalue weighted by molar-refractivity contribution is 6.07. The lowest BCUT2D eigenvalue weighted by atomic mass is 9.80. The maximum atomic E-state index is 14.1. The van der Waals surface area contributed by atoms with Crippen molar-refractivity contribution < 1.29 is 19.2 Å². The third kappa shape index (κ3) is 5.87. The summed E-state index contributed by atoms with van der Waals surface area (Å²) in [5.41, 5.74) is 0.206. The lowest BCUT2D eigenvalue weighted by Gasteiger charge is -2.31. The van der Waals surface area contributed by atoms with Crippen LogP contribution in [0.25, 0.3) is 4.85 Å². The van der Waals surface area contributed by atoms with E-state index >= 15 is 0 Å². The zero-order valence-corrected chi connectivity index (χ0v) is 22.9. The van der Waals surface area contributed by atoms with Gasteiger partial charge in [0.25, 0.3) is 5.91 Å². The van der Waals surface area contributed by atoms with Gasteiger partial charge in [-0.1, -0.05) is 51.8 Å². The summed E-state index contributed by atoms with van der Waals surface area (Å²) in [6, 6.07) is 5.55. The van der Waals surface area contributed by atoms with Crippen LogP contribution in [0.4, 0.5) is 10.5 Å². The van der Waals surface area contributed by atoms with Gasteiger partial charge >= 0.3 is 12.2 Å². The summed E-state index contributed by atoms with van der Waals surface area (Å²) < 4.78 is 0. The Bertz CT molecular complexity index is 1210.